The molecule has 190 valence electrons. The summed E-state index contributed by atoms with van der Waals surface area (Å²) in [6.45, 7) is 1.53. The Morgan fingerprint density at radius 1 is 1.11 bits per heavy atom. The van der Waals surface area contributed by atoms with Crippen molar-refractivity contribution < 1.29 is 8.78 Å². The molecular weight excluding hydrogens is 483 g/mol. The van der Waals surface area contributed by atoms with Gasteiger partial charge in [0.2, 0.25) is 5.95 Å². The van der Waals surface area contributed by atoms with Crippen LogP contribution in [0.1, 0.15) is 37.8 Å². The lowest BCUT2D eigenvalue weighted by atomic mass is 9.41. The Bertz CT molecular complexity index is 1450. The minimum absolute atomic E-state index is 0.00609. The van der Waals surface area contributed by atoms with Crippen molar-refractivity contribution in [2.45, 2.75) is 62.3 Å². The minimum atomic E-state index is -1.56. The van der Waals surface area contributed by atoms with Crippen LogP contribution in [0.15, 0.2) is 24.4 Å². The highest BCUT2D eigenvalue weighted by Crippen LogP contribution is 2.35. The van der Waals surface area contributed by atoms with E-state index in [1.165, 1.54) is 34.7 Å². The maximum Gasteiger partial charge on any atom is 0.241 e. The summed E-state index contributed by atoms with van der Waals surface area (Å²) in [7, 11) is 17.9. The average molecular weight is 510 g/mol. The zero-order valence-corrected chi connectivity index (χ0v) is 21.2. The van der Waals surface area contributed by atoms with Gasteiger partial charge >= 0.3 is 0 Å². The van der Waals surface area contributed by atoms with Gasteiger partial charge in [0.05, 0.1) is 53.0 Å². The molecule has 6 radical (unpaired) electrons. The topological polar surface area (TPSA) is 76.2 Å². The Labute approximate surface area is 223 Å². The van der Waals surface area contributed by atoms with Gasteiger partial charge in [-0.15, -0.1) is 15.3 Å². The van der Waals surface area contributed by atoms with Crippen LogP contribution in [0, 0.1) is 5.82 Å². The first-order valence-corrected chi connectivity index (χ1v) is 13.1. The monoisotopic (exact) mass is 510 g/mol. The number of aryl methyl sites for hydroxylation is 1. The van der Waals surface area contributed by atoms with E-state index in [1.54, 1.807) is 18.2 Å². The number of nitrogens with zero attached hydrogens (tertiary/aromatic N) is 7. The number of benzene rings is 1. The number of hydrogen-bond donors (Lipinski definition) is 1. The molecule has 2 fully saturated rings. The first kappa shape index (κ1) is 25.3. The molecule has 1 aromatic carbocycles. The van der Waals surface area contributed by atoms with Crippen molar-refractivity contribution in [3.8, 4) is 11.1 Å². The Kier molecular flexibility index (Phi) is 6.66. The molecule has 13 heteroatoms. The van der Waals surface area contributed by atoms with E-state index in [0.29, 0.717) is 33.8 Å². The Hall–Kier alpha value is -2.95. The van der Waals surface area contributed by atoms with Crippen molar-refractivity contribution in [2.75, 3.05) is 25.1 Å². The lowest BCUT2D eigenvalue weighted by Crippen LogP contribution is -2.47. The fraction of sp³-hybridized carbons (Fsp3) is 0.520. The van der Waals surface area contributed by atoms with Crippen molar-refractivity contribution in [3.63, 3.8) is 0 Å². The molecule has 2 aliphatic rings. The molecule has 38 heavy (non-hydrogen) atoms. The summed E-state index contributed by atoms with van der Waals surface area (Å²) >= 11 is 0. The van der Waals surface area contributed by atoms with Crippen LogP contribution in [-0.4, -0.2) is 89.9 Å². The lowest BCUT2D eigenvalue weighted by molar-refractivity contribution is 0.101. The molecule has 0 bridgehead atoms. The molecular formula is C25H27B3F2N8. The molecule has 0 atom stereocenters. The third kappa shape index (κ3) is 4.92. The molecule has 1 N–H and O–H groups in total. The summed E-state index contributed by atoms with van der Waals surface area (Å²) in [5, 5.41) is 14.5. The second-order valence-electron chi connectivity index (χ2n) is 10.6. The largest absolute Gasteiger partial charge is 0.350 e. The van der Waals surface area contributed by atoms with Gasteiger partial charge in [0.15, 0.2) is 5.82 Å². The maximum absolute atomic E-state index is 15.5. The molecule has 1 saturated carbocycles. The van der Waals surface area contributed by atoms with Gasteiger partial charge in [-0.25, -0.2) is 23.0 Å². The number of piperidine rings is 1. The number of likely N-dealkylation sites (tertiary alicyclic amines) is 1. The van der Waals surface area contributed by atoms with Gasteiger partial charge in [0.25, 0.3) is 0 Å². The summed E-state index contributed by atoms with van der Waals surface area (Å²) in [6, 6.07) is 6.13. The average Bonchev–Trinajstić information content (AvgIpc) is 3.38. The van der Waals surface area contributed by atoms with Crippen molar-refractivity contribution in [1.29, 1.82) is 0 Å². The molecule has 8 nitrogen and oxygen atoms in total. The smallest absolute Gasteiger partial charge is 0.241 e. The van der Waals surface area contributed by atoms with Crippen LogP contribution in [0.3, 0.4) is 0 Å². The van der Waals surface area contributed by atoms with Gasteiger partial charge in [0, 0.05) is 30.7 Å². The van der Waals surface area contributed by atoms with E-state index in [4.69, 9.17) is 28.5 Å². The number of rotatable bonds is 8. The fourth-order valence-electron chi connectivity index (χ4n) is 5.58. The van der Waals surface area contributed by atoms with Crippen molar-refractivity contribution in [2.24, 2.45) is 0 Å². The summed E-state index contributed by atoms with van der Waals surface area (Å²) in [4.78, 5) is 7.29. The van der Waals surface area contributed by atoms with E-state index in [9.17, 15) is 4.39 Å². The number of halogens is 2. The van der Waals surface area contributed by atoms with Gasteiger partial charge in [-0.3, -0.25) is 0 Å². The summed E-state index contributed by atoms with van der Waals surface area (Å²) < 4.78 is 31.4. The van der Waals surface area contributed by atoms with E-state index in [2.05, 4.69) is 25.6 Å². The molecule has 4 aromatic rings. The van der Waals surface area contributed by atoms with E-state index >= 15 is 4.39 Å². The number of anilines is 1. The number of aromatic nitrogens is 6. The van der Waals surface area contributed by atoms with Crippen molar-refractivity contribution in [3.05, 3.63) is 35.9 Å². The number of fused-ring (bicyclic) bond motifs is 2. The zero-order valence-electron chi connectivity index (χ0n) is 21.2. The van der Waals surface area contributed by atoms with Gasteiger partial charge in [-0.05, 0) is 49.8 Å². The number of nitrogens with one attached hydrogen (secondary N) is 1. The zero-order chi connectivity index (χ0) is 26.4. The lowest BCUT2D eigenvalue weighted by Gasteiger charge is -2.41. The van der Waals surface area contributed by atoms with Crippen LogP contribution in [0.25, 0.3) is 27.7 Å². The standard InChI is InChI=1S/C25H27B3F2N8/c26-25(27,28)13-20-23-22(15-4-5-19-21(12-15)37(11-8-29)35-33-19)18(30)14-38(23)34-24(32-20)31-16-6-9-36(10-7-16)17-2-1-3-17/h4-5,12,14,16-17H,1-3,6-11,13H2,(H,31,34). The normalized spacial score (nSPS) is 17.8. The molecule has 1 aliphatic heterocycles. The first-order chi connectivity index (χ1) is 18.3. The van der Waals surface area contributed by atoms with Crippen LogP contribution in [0.5, 0.6) is 0 Å². The highest BCUT2D eigenvalue weighted by molar-refractivity contribution is 6.59. The molecule has 0 spiro atoms. The molecule has 1 aliphatic carbocycles. The van der Waals surface area contributed by atoms with Crippen molar-refractivity contribution >= 4 is 46.0 Å². The molecule has 0 amide bonds. The second-order valence-corrected chi connectivity index (χ2v) is 10.6. The summed E-state index contributed by atoms with van der Waals surface area (Å²) in [5.74, 6) is -0.117. The highest BCUT2D eigenvalue weighted by Gasteiger charge is 2.29. The van der Waals surface area contributed by atoms with Gasteiger partial charge in [-0.1, -0.05) is 17.7 Å². The van der Waals surface area contributed by atoms with E-state index in [-0.39, 0.29) is 24.6 Å². The van der Waals surface area contributed by atoms with E-state index in [1.807, 2.05) is 0 Å². The Balaban J connectivity index is 1.36. The van der Waals surface area contributed by atoms with E-state index in [0.717, 1.165) is 32.0 Å². The summed E-state index contributed by atoms with van der Waals surface area (Å²) in [6.07, 6.45) is 7.18. The molecule has 0 unspecified atom stereocenters. The van der Waals surface area contributed by atoms with Crippen LogP contribution in [-0.2, 0) is 13.0 Å². The van der Waals surface area contributed by atoms with Crippen LogP contribution >= 0.6 is 0 Å². The quantitative estimate of drug-likeness (QED) is 0.368. The van der Waals surface area contributed by atoms with Gasteiger partial charge < -0.3 is 10.2 Å². The molecule has 3 aromatic heterocycles. The number of alkyl halides is 1. The van der Waals surface area contributed by atoms with Crippen LogP contribution < -0.4 is 5.32 Å². The SMILES string of the molecule is [B]C([B])([B])Cc1nc(NC2CCN(C3CCC3)CC2)nn2cc(F)c(-c3ccc4nnn(CCF)c4c3)c12. The third-order valence-corrected chi connectivity index (χ3v) is 7.68. The fourth-order valence-corrected chi connectivity index (χ4v) is 5.58. The molecule has 1 saturated heterocycles. The maximum atomic E-state index is 15.5. The summed E-state index contributed by atoms with van der Waals surface area (Å²) in [5.41, 5.74) is 2.85. The highest BCUT2D eigenvalue weighted by atomic mass is 19.1. The number of hydrogen-bond acceptors (Lipinski definition) is 6. The van der Waals surface area contributed by atoms with Crippen LogP contribution in [0.4, 0.5) is 14.7 Å². The van der Waals surface area contributed by atoms with Crippen LogP contribution in [0.2, 0.25) is 5.11 Å². The second kappa shape index (κ2) is 9.98. The molecule has 6 rings (SSSR count). The first-order valence-electron chi connectivity index (χ1n) is 13.1. The Morgan fingerprint density at radius 2 is 1.89 bits per heavy atom. The minimum Gasteiger partial charge on any atom is -0.350 e. The predicted octanol–water partition coefficient (Wildman–Crippen LogP) is 2.80. The van der Waals surface area contributed by atoms with Gasteiger partial charge in [0.1, 0.15) is 12.2 Å². The van der Waals surface area contributed by atoms with Gasteiger partial charge in [-0.2, -0.15) is 0 Å². The Morgan fingerprint density at radius 3 is 2.58 bits per heavy atom. The third-order valence-electron chi connectivity index (χ3n) is 7.68. The van der Waals surface area contributed by atoms with E-state index < -0.39 is 17.6 Å². The predicted molar refractivity (Wildman–Crippen MR) is 145 cm³/mol. The molecule has 4 heterocycles. The van der Waals surface area contributed by atoms with Crippen molar-refractivity contribution in [1.82, 2.24) is 34.5 Å².